The minimum atomic E-state index is -0.294. The molecule has 1 aromatic heterocycles. The van der Waals surface area contributed by atoms with Crippen LogP contribution in [-0.4, -0.2) is 34.8 Å². The highest BCUT2D eigenvalue weighted by molar-refractivity contribution is 9.10. The number of ether oxygens (including phenoxy) is 2. The molecule has 140 valence electrons. The lowest BCUT2D eigenvalue weighted by molar-refractivity contribution is -0.120. The van der Waals surface area contributed by atoms with Gasteiger partial charge in [0.2, 0.25) is 5.43 Å². The van der Waals surface area contributed by atoms with E-state index in [0.717, 1.165) is 24.8 Å². The Morgan fingerprint density at radius 2 is 2.00 bits per heavy atom. The molecule has 1 unspecified atom stereocenters. The Bertz CT molecular complexity index is 968. The minimum absolute atomic E-state index is 0.119. The molecular weight excluding hydrogens is 412 g/mol. The maximum atomic E-state index is 13.3. The van der Waals surface area contributed by atoms with Gasteiger partial charge in [0.05, 0.1) is 16.6 Å². The van der Waals surface area contributed by atoms with Crippen molar-refractivity contribution >= 4 is 21.8 Å². The van der Waals surface area contributed by atoms with Gasteiger partial charge in [-0.3, -0.25) is 9.59 Å². The molecule has 1 aromatic carbocycles. The van der Waals surface area contributed by atoms with E-state index in [-0.39, 0.29) is 35.5 Å². The Kier molecular flexibility index (Phi) is 3.91. The molecule has 1 atom stereocenters. The average Bonchev–Trinajstić information content (AvgIpc) is 3.49. The fourth-order valence-corrected chi connectivity index (χ4v) is 4.52. The standard InChI is InChI=1S/C20H19BrN2O4/c21-14-11-23-15(17(16(14)24)27-12-13-5-2-1-3-6-13)18(25)22-9-4-10-26-19(22)20(23)7-8-20/h1-3,5-6,11,19H,4,7-10,12H2. The monoisotopic (exact) mass is 430 g/mol. The van der Waals surface area contributed by atoms with E-state index in [2.05, 4.69) is 15.9 Å². The second-order valence-corrected chi connectivity index (χ2v) is 8.16. The van der Waals surface area contributed by atoms with Crippen molar-refractivity contribution in [1.29, 1.82) is 0 Å². The largest absolute Gasteiger partial charge is 0.483 e. The predicted octanol–water partition coefficient (Wildman–Crippen LogP) is 2.88. The van der Waals surface area contributed by atoms with Crippen molar-refractivity contribution in [2.24, 2.45) is 0 Å². The third-order valence-corrected chi connectivity index (χ3v) is 6.18. The summed E-state index contributed by atoms with van der Waals surface area (Å²) in [7, 11) is 0. The predicted molar refractivity (Wildman–Crippen MR) is 102 cm³/mol. The van der Waals surface area contributed by atoms with Crippen molar-refractivity contribution in [3.63, 3.8) is 0 Å². The van der Waals surface area contributed by atoms with Crippen LogP contribution in [0.1, 0.15) is 35.3 Å². The first kappa shape index (κ1) is 17.0. The molecule has 3 heterocycles. The van der Waals surface area contributed by atoms with Crippen LogP contribution in [0.3, 0.4) is 0 Å². The fraction of sp³-hybridized carbons (Fsp3) is 0.400. The van der Waals surface area contributed by atoms with Gasteiger partial charge in [0, 0.05) is 12.7 Å². The van der Waals surface area contributed by atoms with Gasteiger partial charge in [0.1, 0.15) is 6.61 Å². The molecule has 2 fully saturated rings. The number of rotatable bonds is 3. The molecule has 2 aromatic rings. The fourth-order valence-electron chi connectivity index (χ4n) is 4.14. The molecule has 6 nitrogen and oxygen atoms in total. The first-order valence-electron chi connectivity index (χ1n) is 9.17. The van der Waals surface area contributed by atoms with Crippen molar-refractivity contribution < 1.29 is 14.3 Å². The van der Waals surface area contributed by atoms with Crippen LogP contribution in [0, 0.1) is 0 Å². The Balaban J connectivity index is 1.62. The smallest absolute Gasteiger partial charge is 0.276 e. The Hall–Kier alpha value is -2.12. The maximum absolute atomic E-state index is 13.3. The zero-order valence-electron chi connectivity index (χ0n) is 14.7. The molecule has 0 N–H and O–H groups in total. The van der Waals surface area contributed by atoms with Crippen molar-refractivity contribution in [3.05, 3.63) is 62.5 Å². The molecule has 1 saturated carbocycles. The van der Waals surface area contributed by atoms with Crippen LogP contribution in [0.2, 0.25) is 0 Å². The molecule has 27 heavy (non-hydrogen) atoms. The number of benzene rings is 1. The van der Waals surface area contributed by atoms with Crippen molar-refractivity contribution in [2.45, 2.75) is 37.6 Å². The quantitative estimate of drug-likeness (QED) is 0.750. The summed E-state index contributed by atoms with van der Waals surface area (Å²) in [4.78, 5) is 27.8. The molecule has 1 spiro atoms. The number of carbonyl (C=O) groups excluding carboxylic acids is 1. The third kappa shape index (κ3) is 2.56. The number of amides is 1. The lowest BCUT2D eigenvalue weighted by atomic mass is 10.0. The summed E-state index contributed by atoms with van der Waals surface area (Å²) in [6.45, 7) is 1.54. The van der Waals surface area contributed by atoms with Crippen LogP contribution in [-0.2, 0) is 16.9 Å². The summed E-state index contributed by atoms with van der Waals surface area (Å²) in [5, 5.41) is 0. The van der Waals surface area contributed by atoms with Crippen molar-refractivity contribution in [3.8, 4) is 5.75 Å². The van der Waals surface area contributed by atoms with Gasteiger partial charge in [0.25, 0.3) is 5.91 Å². The second kappa shape index (κ2) is 6.21. The summed E-state index contributed by atoms with van der Waals surface area (Å²) in [5.41, 5.74) is 0.709. The van der Waals surface area contributed by atoms with Gasteiger partial charge in [-0.25, -0.2) is 0 Å². The van der Waals surface area contributed by atoms with E-state index in [1.807, 2.05) is 34.9 Å². The lowest BCUT2D eigenvalue weighted by Gasteiger charge is -2.46. The number of aromatic nitrogens is 1. The van der Waals surface area contributed by atoms with Crippen LogP contribution in [0.15, 0.2) is 45.8 Å². The summed E-state index contributed by atoms with van der Waals surface area (Å²) in [6, 6.07) is 9.63. The van der Waals surface area contributed by atoms with E-state index in [9.17, 15) is 9.59 Å². The molecule has 3 aliphatic rings. The molecule has 5 rings (SSSR count). The van der Waals surface area contributed by atoms with Crippen molar-refractivity contribution in [1.82, 2.24) is 9.47 Å². The maximum Gasteiger partial charge on any atom is 0.276 e. The number of hydrogen-bond donors (Lipinski definition) is 0. The normalized spacial score (nSPS) is 22.3. The number of pyridine rings is 1. The van der Waals surface area contributed by atoms with Gasteiger partial charge in [-0.1, -0.05) is 30.3 Å². The van der Waals surface area contributed by atoms with Gasteiger partial charge in [0.15, 0.2) is 17.7 Å². The molecule has 0 radical (unpaired) electrons. The minimum Gasteiger partial charge on any atom is -0.483 e. The molecular formula is C20H19BrN2O4. The Labute approximate surface area is 164 Å². The third-order valence-electron chi connectivity index (χ3n) is 5.61. The average molecular weight is 431 g/mol. The first-order chi connectivity index (χ1) is 13.1. The first-order valence-corrected chi connectivity index (χ1v) is 9.96. The van der Waals surface area contributed by atoms with Crippen molar-refractivity contribution in [2.75, 3.05) is 13.2 Å². The molecule has 7 heteroatoms. The molecule has 1 aliphatic carbocycles. The van der Waals surface area contributed by atoms with E-state index < -0.39 is 0 Å². The molecule has 0 bridgehead atoms. The van der Waals surface area contributed by atoms with E-state index in [1.165, 1.54) is 0 Å². The number of halogens is 1. The van der Waals surface area contributed by atoms with Gasteiger partial charge >= 0.3 is 0 Å². The highest BCUT2D eigenvalue weighted by Crippen LogP contribution is 2.53. The Morgan fingerprint density at radius 1 is 1.22 bits per heavy atom. The second-order valence-electron chi connectivity index (χ2n) is 7.31. The van der Waals surface area contributed by atoms with Crippen LogP contribution in [0.4, 0.5) is 0 Å². The van der Waals surface area contributed by atoms with E-state index in [1.54, 1.807) is 11.1 Å². The zero-order valence-corrected chi connectivity index (χ0v) is 16.3. The molecule has 2 aliphatic heterocycles. The highest BCUT2D eigenvalue weighted by atomic mass is 79.9. The molecule has 1 saturated heterocycles. The highest BCUT2D eigenvalue weighted by Gasteiger charge is 2.60. The topological polar surface area (TPSA) is 60.8 Å². The number of hydrogen-bond acceptors (Lipinski definition) is 4. The molecule has 1 amide bonds. The summed E-state index contributed by atoms with van der Waals surface area (Å²) in [6.07, 6.45) is 4.11. The van der Waals surface area contributed by atoms with E-state index in [0.29, 0.717) is 23.3 Å². The SMILES string of the molecule is O=C1c2c(OCc3ccccc3)c(=O)c(Br)cn2C2(CC2)C2OCCCN12. The number of fused-ring (bicyclic) bond motifs is 4. The summed E-state index contributed by atoms with van der Waals surface area (Å²) >= 11 is 3.36. The van der Waals surface area contributed by atoms with Crippen LogP contribution in [0.25, 0.3) is 0 Å². The van der Waals surface area contributed by atoms with Gasteiger partial charge < -0.3 is 18.9 Å². The van der Waals surface area contributed by atoms with Gasteiger partial charge in [-0.2, -0.15) is 0 Å². The van der Waals surface area contributed by atoms with Gasteiger partial charge in [-0.05, 0) is 40.8 Å². The van der Waals surface area contributed by atoms with Crippen LogP contribution < -0.4 is 10.2 Å². The van der Waals surface area contributed by atoms with Gasteiger partial charge in [-0.15, -0.1) is 0 Å². The Morgan fingerprint density at radius 3 is 2.74 bits per heavy atom. The number of carbonyl (C=O) groups is 1. The van der Waals surface area contributed by atoms with Crippen LogP contribution in [0.5, 0.6) is 5.75 Å². The summed E-state index contributed by atoms with van der Waals surface area (Å²) in [5.74, 6) is -0.0709. The number of nitrogens with zero attached hydrogens (tertiary/aromatic N) is 2. The lowest BCUT2D eigenvalue weighted by Crippen LogP contribution is -2.59. The zero-order chi connectivity index (χ0) is 18.6. The van der Waals surface area contributed by atoms with E-state index in [4.69, 9.17) is 9.47 Å². The summed E-state index contributed by atoms with van der Waals surface area (Å²) < 4.78 is 14.2. The van der Waals surface area contributed by atoms with Crippen LogP contribution >= 0.6 is 15.9 Å². The van der Waals surface area contributed by atoms with E-state index >= 15 is 0 Å².